The highest BCUT2D eigenvalue weighted by Crippen LogP contribution is 2.53. The van der Waals surface area contributed by atoms with E-state index in [9.17, 15) is 18.8 Å². The van der Waals surface area contributed by atoms with Crippen molar-refractivity contribution >= 4 is 43.9 Å². The number of fused-ring (bicyclic) bond motifs is 2. The van der Waals surface area contributed by atoms with Crippen LogP contribution in [0.4, 0.5) is 20.3 Å². The maximum absolute atomic E-state index is 14.3. The van der Waals surface area contributed by atoms with Crippen LogP contribution in [-0.2, 0) is 4.74 Å². The summed E-state index contributed by atoms with van der Waals surface area (Å²) < 4.78 is 41.0. The highest BCUT2D eigenvalue weighted by atomic mass is 32.2. The van der Waals surface area contributed by atoms with Gasteiger partial charge >= 0.3 is 5.00 Å². The topological polar surface area (TPSA) is 116 Å². The molecule has 4 heterocycles. The van der Waals surface area contributed by atoms with Gasteiger partial charge in [0.2, 0.25) is 0 Å². The number of hydrogen-bond donors (Lipinski definition) is 3. The fourth-order valence-corrected chi connectivity index (χ4v) is 7.02. The second-order valence-electron chi connectivity index (χ2n) is 11.2. The molecule has 1 aliphatic carbocycles. The van der Waals surface area contributed by atoms with E-state index in [1.807, 2.05) is 12.1 Å². The van der Waals surface area contributed by atoms with Crippen molar-refractivity contribution in [2.24, 2.45) is 5.92 Å². The maximum Gasteiger partial charge on any atom is 0.308 e. The molecular formula is C30H32F2N7O3PS. The summed E-state index contributed by atoms with van der Waals surface area (Å²) in [5.41, 5.74) is 1.14. The lowest BCUT2D eigenvalue weighted by molar-refractivity contribution is -0.114. The van der Waals surface area contributed by atoms with E-state index in [0.717, 1.165) is 25.9 Å². The summed E-state index contributed by atoms with van der Waals surface area (Å²) in [5.74, 6) is 7.32. The van der Waals surface area contributed by atoms with E-state index in [1.54, 1.807) is 45.1 Å². The molecule has 10 nitrogen and oxygen atoms in total. The number of carbonyl (C=O) groups excluding carboxylic acids is 1. The normalized spacial score (nSPS) is 22.0. The lowest BCUT2D eigenvalue weighted by Gasteiger charge is -2.47. The van der Waals surface area contributed by atoms with Gasteiger partial charge < -0.3 is 25.4 Å². The van der Waals surface area contributed by atoms with Gasteiger partial charge in [0.1, 0.15) is 17.3 Å². The number of benzene rings is 1. The number of piperidine rings is 1. The van der Waals surface area contributed by atoms with E-state index in [1.165, 1.54) is 7.11 Å². The lowest BCUT2D eigenvalue weighted by atomic mass is 9.92. The third-order valence-electron chi connectivity index (χ3n) is 8.49. The van der Waals surface area contributed by atoms with E-state index in [0.29, 0.717) is 59.2 Å². The number of nitrogens with one attached hydrogen (secondary N) is 3. The maximum atomic E-state index is 14.3. The van der Waals surface area contributed by atoms with Crippen molar-refractivity contribution in [1.29, 1.82) is 5.26 Å². The molecule has 0 bridgehead atoms. The number of alkyl halides is 2. The molecule has 14 heteroatoms. The van der Waals surface area contributed by atoms with Crippen LogP contribution in [0.2, 0.25) is 0 Å². The van der Waals surface area contributed by atoms with Crippen LogP contribution in [0.1, 0.15) is 28.9 Å². The molecule has 3 aliphatic rings. The van der Waals surface area contributed by atoms with Crippen molar-refractivity contribution in [3.8, 4) is 23.7 Å². The zero-order valence-electron chi connectivity index (χ0n) is 24.2. The second-order valence-corrected chi connectivity index (χ2v) is 13.5. The summed E-state index contributed by atoms with van der Waals surface area (Å²) in [6, 6.07) is 12.9. The van der Waals surface area contributed by atoms with Gasteiger partial charge in [0.05, 0.1) is 49.0 Å². The van der Waals surface area contributed by atoms with Gasteiger partial charge in [-0.1, -0.05) is 12.0 Å². The van der Waals surface area contributed by atoms with Gasteiger partial charge in [-0.3, -0.25) is 9.69 Å². The molecule has 1 aromatic carbocycles. The van der Waals surface area contributed by atoms with E-state index in [2.05, 4.69) is 43.9 Å². The van der Waals surface area contributed by atoms with Crippen LogP contribution in [0.25, 0.3) is 5.52 Å². The monoisotopic (exact) mass is 639 g/mol. The fourth-order valence-electron chi connectivity index (χ4n) is 5.95. The number of ether oxygens (including phenoxy) is 2. The van der Waals surface area contributed by atoms with Gasteiger partial charge in [-0.25, -0.2) is 4.52 Å². The Bertz CT molecular complexity index is 1710. The van der Waals surface area contributed by atoms with Gasteiger partial charge in [0, 0.05) is 31.2 Å². The van der Waals surface area contributed by atoms with Crippen molar-refractivity contribution in [3.63, 3.8) is 0 Å². The highest BCUT2D eigenvalue weighted by molar-refractivity contribution is 8.03. The molecule has 1 saturated carbocycles. The molecule has 1 amide bonds. The Morgan fingerprint density at radius 3 is 2.82 bits per heavy atom. The van der Waals surface area contributed by atoms with Crippen molar-refractivity contribution in [2.75, 3.05) is 57.6 Å². The first-order valence-corrected chi connectivity index (χ1v) is 15.5. The molecule has 44 heavy (non-hydrogen) atoms. The molecule has 3 atom stereocenters. The Balaban J connectivity index is 1.23. The first-order chi connectivity index (χ1) is 21.1. The Morgan fingerprint density at radius 1 is 1.34 bits per heavy atom. The SMILES string of the molecule is CNC(=O)c1ccc(OC)c(NCC#Cc2nn3c(NC45CCN(C6(C#N)COC6)CC4C5)cccc3c2SC(F)(F)P)c1. The first kappa shape index (κ1) is 30.4. The number of likely N-dealkylation sites (tertiary alicyclic amines) is 1. The molecule has 6 rings (SSSR count). The van der Waals surface area contributed by atoms with Gasteiger partial charge in [-0.05, 0) is 76.0 Å². The smallest absolute Gasteiger partial charge is 0.308 e. The zero-order chi connectivity index (χ0) is 31.1. The summed E-state index contributed by atoms with van der Waals surface area (Å²) in [6.07, 6.45) is 1.81. The number of nitrogens with zero attached hydrogens (tertiary/aromatic N) is 4. The van der Waals surface area contributed by atoms with E-state index in [4.69, 9.17) is 9.47 Å². The number of hydrogen-bond acceptors (Lipinski definition) is 9. The van der Waals surface area contributed by atoms with Gasteiger partial charge in [-0.15, -0.1) is 0 Å². The lowest BCUT2D eigenvalue weighted by Crippen LogP contribution is -2.63. The Hall–Kier alpha value is -3.61. The molecule has 2 saturated heterocycles. The number of halogens is 2. The molecule has 0 radical (unpaired) electrons. The minimum Gasteiger partial charge on any atom is -0.495 e. The molecule has 3 N–H and O–H groups in total. The van der Waals surface area contributed by atoms with Crippen LogP contribution in [0.5, 0.6) is 5.75 Å². The van der Waals surface area contributed by atoms with Crippen LogP contribution in [0, 0.1) is 29.1 Å². The highest BCUT2D eigenvalue weighted by Gasteiger charge is 2.60. The molecular weight excluding hydrogens is 607 g/mol. The van der Waals surface area contributed by atoms with Gasteiger partial charge in [0.25, 0.3) is 5.91 Å². The van der Waals surface area contributed by atoms with Crippen molar-refractivity contribution in [2.45, 2.75) is 33.8 Å². The van der Waals surface area contributed by atoms with E-state index < -0.39 is 10.5 Å². The second kappa shape index (κ2) is 11.7. The summed E-state index contributed by atoms with van der Waals surface area (Å²) in [4.78, 5) is 11.5. The van der Waals surface area contributed by atoms with Crippen molar-refractivity contribution in [1.82, 2.24) is 19.8 Å². The molecule has 3 fully saturated rings. The number of thioether (sulfide) groups is 1. The van der Waals surface area contributed by atoms with Crippen LogP contribution >= 0.6 is 21.0 Å². The predicted molar refractivity (Wildman–Crippen MR) is 167 cm³/mol. The first-order valence-electron chi connectivity index (χ1n) is 14.1. The Morgan fingerprint density at radius 2 is 2.16 bits per heavy atom. The number of carbonyl (C=O) groups is 1. The molecule has 3 unspecified atom stereocenters. The van der Waals surface area contributed by atoms with Crippen LogP contribution < -0.4 is 20.7 Å². The minimum absolute atomic E-state index is 0.131. The number of aromatic nitrogens is 2. The summed E-state index contributed by atoms with van der Waals surface area (Å²) in [6.45, 7) is 2.62. The third kappa shape index (κ3) is 5.78. The van der Waals surface area contributed by atoms with Crippen LogP contribution in [0.3, 0.4) is 0 Å². The number of methoxy groups -OCH3 is 1. The average molecular weight is 640 g/mol. The van der Waals surface area contributed by atoms with Gasteiger partial charge in [-0.2, -0.15) is 19.1 Å². The molecule has 2 aliphatic heterocycles. The number of nitriles is 1. The third-order valence-corrected chi connectivity index (χ3v) is 9.72. The number of pyridine rings is 1. The largest absolute Gasteiger partial charge is 0.495 e. The van der Waals surface area contributed by atoms with Crippen LogP contribution in [-0.4, -0.2) is 83.5 Å². The molecule has 3 aromatic rings. The summed E-state index contributed by atoms with van der Waals surface area (Å²) >= 11 is 0.392. The van der Waals surface area contributed by atoms with Crippen molar-refractivity contribution < 1.29 is 23.0 Å². The minimum atomic E-state index is -3.12. The predicted octanol–water partition coefficient (Wildman–Crippen LogP) is 3.85. The molecule has 2 aromatic heterocycles. The average Bonchev–Trinajstić information content (AvgIpc) is 3.59. The molecule has 0 spiro atoms. The van der Waals surface area contributed by atoms with Gasteiger partial charge in [0.15, 0.2) is 5.54 Å². The Kier molecular flexibility index (Phi) is 8.10. The molecule has 230 valence electrons. The number of rotatable bonds is 9. The van der Waals surface area contributed by atoms with Crippen LogP contribution in [0.15, 0.2) is 41.3 Å². The quantitative estimate of drug-likeness (QED) is 0.183. The number of anilines is 2. The fraction of sp³-hybridized carbons (Fsp3) is 0.433. The standard InChI is InChI=1S/C30H32F2N7O3PS/c1-34-27(40)19-8-9-24(41-2)22(13-19)35-11-4-5-21-26(44-30(31,32)43)23-6-3-7-25(39(23)37-21)36-29-10-12-38(15-20(29)14-29)28(16-33)17-42-18-28/h3,6-9,13,20,35-36H,10-12,14-15,17-18,43H2,1-2H3,(H,34,40). The Labute approximate surface area is 260 Å². The van der Waals surface area contributed by atoms with E-state index >= 15 is 0 Å². The van der Waals surface area contributed by atoms with Crippen molar-refractivity contribution in [3.05, 3.63) is 47.7 Å². The summed E-state index contributed by atoms with van der Waals surface area (Å²) in [5, 5.41) is 23.8. The zero-order valence-corrected chi connectivity index (χ0v) is 26.2. The summed E-state index contributed by atoms with van der Waals surface area (Å²) in [7, 11) is 4.65. The van der Waals surface area contributed by atoms with E-state index in [-0.39, 0.29) is 28.6 Å². The number of amides is 1.